The second-order valence-corrected chi connectivity index (χ2v) is 10.6. The van der Waals surface area contributed by atoms with Crippen LogP contribution in [0.4, 0.5) is 11.4 Å². The minimum absolute atomic E-state index is 0.175. The summed E-state index contributed by atoms with van der Waals surface area (Å²) in [7, 11) is -3.25. The number of thiocarbonyl (C=S) groups is 1. The van der Waals surface area contributed by atoms with Crippen LogP contribution < -0.4 is 9.64 Å². The maximum atomic E-state index is 13.1. The van der Waals surface area contributed by atoms with E-state index in [1.807, 2.05) is 18.7 Å². The second-order valence-electron chi connectivity index (χ2n) is 7.83. The van der Waals surface area contributed by atoms with Gasteiger partial charge in [0.05, 0.1) is 23.8 Å². The molecule has 168 valence electrons. The Morgan fingerprint density at radius 1 is 1.19 bits per heavy atom. The van der Waals surface area contributed by atoms with E-state index < -0.39 is 15.4 Å². The number of halogens is 1. The largest absolute Gasteiger partial charge is 0.494 e. The topological polar surface area (TPSA) is 71.3 Å². The molecule has 1 amide bonds. The highest BCUT2D eigenvalue weighted by molar-refractivity contribution is 7.90. The Labute approximate surface area is 198 Å². The smallest absolute Gasteiger partial charge is 0.258 e. The molecule has 0 spiro atoms. The fourth-order valence-corrected chi connectivity index (χ4v) is 4.72. The minimum atomic E-state index is -3.25. The second kappa shape index (κ2) is 9.06. The van der Waals surface area contributed by atoms with Crippen molar-refractivity contribution in [3.8, 4) is 5.75 Å². The van der Waals surface area contributed by atoms with Crippen molar-refractivity contribution in [3.63, 3.8) is 0 Å². The van der Waals surface area contributed by atoms with Crippen LogP contribution in [0.1, 0.15) is 20.3 Å². The van der Waals surface area contributed by atoms with Crippen molar-refractivity contribution < 1.29 is 17.9 Å². The molecule has 1 fully saturated rings. The number of sulfone groups is 1. The van der Waals surface area contributed by atoms with Crippen molar-refractivity contribution >= 4 is 56.1 Å². The third-order valence-corrected chi connectivity index (χ3v) is 7.01. The number of carbonyl (C=O) groups excluding carboxylic acids is 1. The Hall–Kier alpha value is -2.67. The van der Waals surface area contributed by atoms with E-state index in [-0.39, 0.29) is 15.8 Å². The van der Waals surface area contributed by atoms with Gasteiger partial charge in [0.25, 0.3) is 5.91 Å². The quantitative estimate of drug-likeness (QED) is 0.323. The first kappa shape index (κ1) is 24.0. The summed E-state index contributed by atoms with van der Waals surface area (Å²) in [4.78, 5) is 20.0. The van der Waals surface area contributed by atoms with Gasteiger partial charge in [-0.1, -0.05) is 17.7 Å². The first-order valence-corrected chi connectivity index (χ1v) is 12.4. The number of hydrogen-bond acceptors (Lipinski definition) is 5. The number of amides is 1. The van der Waals surface area contributed by atoms with Crippen LogP contribution in [0, 0.1) is 6.57 Å². The van der Waals surface area contributed by atoms with E-state index in [4.69, 9.17) is 35.1 Å². The molecule has 0 saturated carbocycles. The van der Waals surface area contributed by atoms with Gasteiger partial charge in [-0.3, -0.25) is 9.69 Å². The van der Waals surface area contributed by atoms with E-state index in [0.717, 1.165) is 6.26 Å². The van der Waals surface area contributed by atoms with Crippen LogP contribution >= 0.6 is 23.8 Å². The Morgan fingerprint density at radius 3 is 2.41 bits per heavy atom. The van der Waals surface area contributed by atoms with Gasteiger partial charge < -0.3 is 9.64 Å². The summed E-state index contributed by atoms with van der Waals surface area (Å²) in [5.41, 5.74) is -0.0138. The average molecular weight is 492 g/mol. The Kier molecular flexibility index (Phi) is 6.79. The fourth-order valence-electron chi connectivity index (χ4n) is 3.36. The zero-order chi connectivity index (χ0) is 23.7. The van der Waals surface area contributed by atoms with Crippen LogP contribution in [0.25, 0.3) is 4.85 Å². The van der Waals surface area contributed by atoms with E-state index in [9.17, 15) is 13.2 Å². The highest BCUT2D eigenvalue weighted by Gasteiger charge is 2.49. The predicted octanol–water partition coefficient (Wildman–Crippen LogP) is 4.48. The standard InChI is InChI=1S/C22H22ClN3O4S2/c1-22(2)20(27)26(15-6-11-19(24-3)18(23)14-15)21(31)25(22)12-5-13-30-16-7-9-17(10-8-16)32(4,28)29/h6-11,14H,5,12-13H2,1-2,4H3. The summed E-state index contributed by atoms with van der Waals surface area (Å²) in [5.74, 6) is 0.388. The zero-order valence-corrected chi connectivity index (χ0v) is 20.2. The number of nitrogens with zero attached hydrogens (tertiary/aromatic N) is 3. The molecule has 2 aromatic carbocycles. The lowest BCUT2D eigenvalue weighted by atomic mass is 10.0. The molecule has 0 bridgehead atoms. The van der Waals surface area contributed by atoms with E-state index in [0.29, 0.717) is 41.8 Å². The summed E-state index contributed by atoms with van der Waals surface area (Å²) in [6.45, 7) is 11.6. The monoisotopic (exact) mass is 491 g/mol. The number of benzene rings is 2. The molecule has 1 saturated heterocycles. The average Bonchev–Trinajstić information content (AvgIpc) is 2.89. The van der Waals surface area contributed by atoms with Gasteiger partial charge in [0.15, 0.2) is 14.9 Å². The molecule has 32 heavy (non-hydrogen) atoms. The van der Waals surface area contributed by atoms with Crippen LogP contribution in [0.5, 0.6) is 5.75 Å². The molecule has 0 atom stereocenters. The lowest BCUT2D eigenvalue weighted by molar-refractivity contribution is -0.123. The Balaban J connectivity index is 1.65. The van der Waals surface area contributed by atoms with Gasteiger partial charge in [0, 0.05) is 17.8 Å². The Bertz CT molecular complexity index is 1200. The molecular formula is C22H22ClN3O4S2. The van der Waals surface area contributed by atoms with Crippen LogP contribution in [0.3, 0.4) is 0 Å². The predicted molar refractivity (Wildman–Crippen MR) is 128 cm³/mol. The van der Waals surface area contributed by atoms with Gasteiger partial charge in [-0.25, -0.2) is 13.3 Å². The number of hydrogen-bond donors (Lipinski definition) is 0. The third kappa shape index (κ3) is 4.72. The molecule has 3 rings (SSSR count). The van der Waals surface area contributed by atoms with Crippen LogP contribution in [0.15, 0.2) is 47.4 Å². The number of rotatable bonds is 7. The number of anilines is 1. The van der Waals surface area contributed by atoms with Gasteiger partial charge in [0.2, 0.25) is 5.69 Å². The van der Waals surface area contributed by atoms with Gasteiger partial charge in [-0.15, -0.1) is 0 Å². The maximum absolute atomic E-state index is 13.1. The lowest BCUT2D eigenvalue weighted by Crippen LogP contribution is -2.44. The first-order valence-electron chi connectivity index (χ1n) is 9.73. The van der Waals surface area contributed by atoms with Crippen LogP contribution in [0.2, 0.25) is 5.02 Å². The normalized spacial score (nSPS) is 15.7. The fraction of sp³-hybridized carbons (Fsp3) is 0.318. The SMILES string of the molecule is [C-]#[N+]c1ccc(N2C(=O)C(C)(C)N(CCCOc3ccc(S(C)(=O)=O)cc3)C2=S)cc1Cl. The highest BCUT2D eigenvalue weighted by atomic mass is 35.5. The highest BCUT2D eigenvalue weighted by Crippen LogP contribution is 2.36. The molecule has 0 N–H and O–H groups in total. The molecule has 1 aliphatic rings. The molecule has 0 unspecified atom stereocenters. The van der Waals surface area contributed by atoms with E-state index in [2.05, 4.69) is 4.85 Å². The first-order chi connectivity index (χ1) is 15.0. The summed E-state index contributed by atoms with van der Waals surface area (Å²) in [5, 5.41) is 0.629. The van der Waals surface area contributed by atoms with Crippen molar-refractivity contribution in [3.05, 3.63) is 58.9 Å². The summed E-state index contributed by atoms with van der Waals surface area (Å²) < 4.78 is 28.8. The minimum Gasteiger partial charge on any atom is -0.494 e. The summed E-state index contributed by atoms with van der Waals surface area (Å²) in [6.07, 6.45) is 1.75. The van der Waals surface area contributed by atoms with Crippen LogP contribution in [-0.4, -0.2) is 49.3 Å². The summed E-state index contributed by atoms with van der Waals surface area (Å²) in [6, 6.07) is 11.0. The maximum Gasteiger partial charge on any atom is 0.258 e. The molecule has 1 aliphatic heterocycles. The molecule has 7 nitrogen and oxygen atoms in total. The van der Waals surface area contributed by atoms with E-state index in [1.165, 1.54) is 17.0 Å². The van der Waals surface area contributed by atoms with Gasteiger partial charge in [-0.05, 0) is 68.9 Å². The van der Waals surface area contributed by atoms with Crippen molar-refractivity contribution in [2.24, 2.45) is 0 Å². The molecule has 1 heterocycles. The van der Waals surface area contributed by atoms with Crippen molar-refractivity contribution in [1.29, 1.82) is 0 Å². The molecule has 2 aromatic rings. The third-order valence-electron chi connectivity index (χ3n) is 5.18. The van der Waals surface area contributed by atoms with Gasteiger partial charge >= 0.3 is 0 Å². The number of carbonyl (C=O) groups is 1. The van der Waals surface area contributed by atoms with Crippen molar-refractivity contribution in [2.75, 3.05) is 24.3 Å². The van der Waals surface area contributed by atoms with E-state index >= 15 is 0 Å². The van der Waals surface area contributed by atoms with Crippen LogP contribution in [-0.2, 0) is 14.6 Å². The van der Waals surface area contributed by atoms with Gasteiger partial charge in [-0.2, -0.15) is 0 Å². The lowest BCUT2D eigenvalue weighted by Gasteiger charge is -2.29. The molecule has 0 aliphatic carbocycles. The molecular weight excluding hydrogens is 470 g/mol. The van der Waals surface area contributed by atoms with Crippen molar-refractivity contribution in [1.82, 2.24) is 4.90 Å². The van der Waals surface area contributed by atoms with E-state index in [1.54, 1.807) is 30.3 Å². The van der Waals surface area contributed by atoms with Crippen molar-refractivity contribution in [2.45, 2.75) is 30.7 Å². The molecule has 0 aromatic heterocycles. The Morgan fingerprint density at radius 2 is 1.84 bits per heavy atom. The summed E-state index contributed by atoms with van der Waals surface area (Å²) >= 11 is 11.7. The number of ether oxygens (including phenoxy) is 1. The molecule has 10 heteroatoms. The zero-order valence-electron chi connectivity index (χ0n) is 17.8. The molecule has 0 radical (unpaired) electrons. The van der Waals surface area contributed by atoms with Gasteiger partial charge in [0.1, 0.15) is 11.3 Å².